The molecule has 0 spiro atoms. The molecule has 144 valence electrons. The van der Waals surface area contributed by atoms with Crippen LogP contribution in [0, 0.1) is 11.8 Å². The summed E-state index contributed by atoms with van der Waals surface area (Å²) >= 11 is 0. The van der Waals surface area contributed by atoms with Gasteiger partial charge in [-0.05, 0) is 68.0 Å². The van der Waals surface area contributed by atoms with Crippen molar-refractivity contribution in [3.63, 3.8) is 0 Å². The molecule has 1 atom stereocenters. The van der Waals surface area contributed by atoms with Gasteiger partial charge >= 0.3 is 0 Å². The van der Waals surface area contributed by atoms with Crippen molar-refractivity contribution < 1.29 is 9.53 Å². The van der Waals surface area contributed by atoms with Gasteiger partial charge in [-0.2, -0.15) is 0 Å². The number of ether oxygens (including phenoxy) is 1. The number of carbonyl (C=O) groups excluding carboxylic acids is 1. The van der Waals surface area contributed by atoms with Gasteiger partial charge in [-0.15, -0.1) is 12.4 Å². The second-order valence-electron chi connectivity index (χ2n) is 7.73. The van der Waals surface area contributed by atoms with Gasteiger partial charge in [-0.25, -0.2) is 0 Å². The van der Waals surface area contributed by atoms with Gasteiger partial charge in [0.05, 0.1) is 7.11 Å². The van der Waals surface area contributed by atoms with Crippen molar-refractivity contribution in [1.29, 1.82) is 0 Å². The van der Waals surface area contributed by atoms with E-state index in [-0.39, 0.29) is 18.3 Å². The van der Waals surface area contributed by atoms with E-state index in [2.05, 4.69) is 41.3 Å². The van der Waals surface area contributed by atoms with Crippen LogP contribution in [0.2, 0.25) is 0 Å². The normalized spacial score (nSPS) is 20.2. The fourth-order valence-corrected chi connectivity index (χ4v) is 4.48. The number of benzene rings is 2. The van der Waals surface area contributed by atoms with E-state index in [1.165, 1.54) is 24.0 Å². The lowest BCUT2D eigenvalue weighted by Gasteiger charge is -2.32. The standard InChI is InChI=1S/C23H27NO2.ClH/c1-26-21-8-7-19-14-20(23(25)22(19)15-21)13-17-9-11-24(12-10-17)16-18-5-3-2-4-6-18;/h2-8,15,17,20H,9-14,16H2,1H3;1H. The van der Waals surface area contributed by atoms with Gasteiger partial charge in [0.25, 0.3) is 0 Å². The highest BCUT2D eigenvalue weighted by Gasteiger charge is 2.33. The maximum absolute atomic E-state index is 12.8. The van der Waals surface area contributed by atoms with Crippen LogP contribution in [0.15, 0.2) is 48.5 Å². The highest BCUT2D eigenvalue weighted by molar-refractivity contribution is 6.02. The number of methoxy groups -OCH3 is 1. The molecular weight excluding hydrogens is 358 g/mol. The van der Waals surface area contributed by atoms with Crippen molar-refractivity contribution in [2.45, 2.75) is 32.2 Å². The molecule has 2 aromatic rings. The molecule has 0 radical (unpaired) electrons. The zero-order chi connectivity index (χ0) is 17.9. The molecule has 1 heterocycles. The van der Waals surface area contributed by atoms with Gasteiger partial charge in [0.1, 0.15) is 5.75 Å². The largest absolute Gasteiger partial charge is 0.497 e. The van der Waals surface area contributed by atoms with Crippen molar-refractivity contribution in [1.82, 2.24) is 4.90 Å². The number of hydrogen-bond acceptors (Lipinski definition) is 3. The predicted molar refractivity (Wildman–Crippen MR) is 111 cm³/mol. The number of rotatable bonds is 5. The molecule has 1 fully saturated rings. The number of fused-ring (bicyclic) bond motifs is 1. The summed E-state index contributed by atoms with van der Waals surface area (Å²) in [5.74, 6) is 1.95. The Labute approximate surface area is 168 Å². The highest BCUT2D eigenvalue weighted by Crippen LogP contribution is 2.35. The smallest absolute Gasteiger partial charge is 0.166 e. The molecule has 0 N–H and O–H groups in total. The Hall–Kier alpha value is -1.84. The summed E-state index contributed by atoms with van der Waals surface area (Å²) in [5.41, 5.74) is 3.47. The molecule has 4 heteroatoms. The third-order valence-electron chi connectivity index (χ3n) is 5.99. The zero-order valence-corrected chi connectivity index (χ0v) is 16.7. The van der Waals surface area contributed by atoms with Gasteiger partial charge in [0, 0.05) is 18.0 Å². The van der Waals surface area contributed by atoms with Crippen molar-refractivity contribution in [3.05, 3.63) is 65.2 Å². The molecule has 0 aromatic heterocycles. The fraction of sp³-hybridized carbons (Fsp3) is 0.435. The van der Waals surface area contributed by atoms with E-state index in [0.717, 1.165) is 43.8 Å². The van der Waals surface area contributed by atoms with E-state index in [1.807, 2.05) is 12.1 Å². The lowest BCUT2D eigenvalue weighted by molar-refractivity contribution is 0.0895. The molecule has 2 aliphatic rings. The molecule has 1 aliphatic carbocycles. The Kier molecular flexibility index (Phi) is 6.56. The van der Waals surface area contributed by atoms with E-state index in [0.29, 0.717) is 11.7 Å². The summed E-state index contributed by atoms with van der Waals surface area (Å²) < 4.78 is 5.28. The Morgan fingerprint density at radius 1 is 1.07 bits per heavy atom. The third-order valence-corrected chi connectivity index (χ3v) is 5.99. The van der Waals surface area contributed by atoms with Crippen LogP contribution in [0.4, 0.5) is 0 Å². The molecule has 0 saturated carbocycles. The van der Waals surface area contributed by atoms with Gasteiger partial charge < -0.3 is 4.74 Å². The molecular formula is C23H28ClNO2. The first-order chi connectivity index (χ1) is 12.7. The lowest BCUT2D eigenvalue weighted by atomic mass is 9.85. The van der Waals surface area contributed by atoms with Gasteiger partial charge in [-0.3, -0.25) is 9.69 Å². The van der Waals surface area contributed by atoms with E-state index in [4.69, 9.17) is 4.74 Å². The third kappa shape index (κ3) is 4.53. The first-order valence-electron chi connectivity index (χ1n) is 9.70. The van der Waals surface area contributed by atoms with Crippen molar-refractivity contribution in [2.24, 2.45) is 11.8 Å². The van der Waals surface area contributed by atoms with Crippen LogP contribution in [0.3, 0.4) is 0 Å². The minimum absolute atomic E-state index is 0. The maximum Gasteiger partial charge on any atom is 0.166 e. The second kappa shape index (κ2) is 8.90. The van der Waals surface area contributed by atoms with Crippen LogP contribution >= 0.6 is 12.4 Å². The second-order valence-corrected chi connectivity index (χ2v) is 7.73. The fourth-order valence-electron chi connectivity index (χ4n) is 4.48. The maximum atomic E-state index is 12.8. The Morgan fingerprint density at radius 2 is 1.81 bits per heavy atom. The van der Waals surface area contributed by atoms with Gasteiger partial charge in [-0.1, -0.05) is 36.4 Å². The van der Waals surface area contributed by atoms with Crippen LogP contribution in [0.1, 0.15) is 40.7 Å². The number of Topliss-reactive ketones (excluding diaryl/α,β-unsaturated/α-hetero) is 1. The Morgan fingerprint density at radius 3 is 2.52 bits per heavy atom. The minimum atomic E-state index is 0. The van der Waals surface area contributed by atoms with E-state index in [9.17, 15) is 4.79 Å². The summed E-state index contributed by atoms with van der Waals surface area (Å²) in [6.07, 6.45) is 4.35. The number of piperidine rings is 1. The number of nitrogens with zero attached hydrogens (tertiary/aromatic N) is 1. The molecule has 0 amide bonds. The van der Waals surface area contributed by atoms with Crippen LogP contribution in [0.5, 0.6) is 5.75 Å². The average Bonchev–Trinajstić information content (AvgIpc) is 2.99. The van der Waals surface area contributed by atoms with E-state index < -0.39 is 0 Å². The number of halogens is 1. The molecule has 1 unspecified atom stereocenters. The zero-order valence-electron chi connectivity index (χ0n) is 15.9. The van der Waals surface area contributed by atoms with Crippen LogP contribution in [0.25, 0.3) is 0 Å². The SMILES string of the molecule is COc1ccc2c(c1)C(=O)C(CC1CCN(Cc3ccccc3)CC1)C2.Cl. The summed E-state index contributed by atoms with van der Waals surface area (Å²) in [4.78, 5) is 15.3. The van der Waals surface area contributed by atoms with Gasteiger partial charge in [0.15, 0.2) is 5.78 Å². The molecule has 2 aromatic carbocycles. The van der Waals surface area contributed by atoms with Crippen LogP contribution in [-0.2, 0) is 13.0 Å². The summed E-state index contributed by atoms with van der Waals surface area (Å²) in [7, 11) is 1.65. The minimum Gasteiger partial charge on any atom is -0.497 e. The number of carbonyl (C=O) groups is 1. The molecule has 27 heavy (non-hydrogen) atoms. The molecule has 1 aliphatic heterocycles. The van der Waals surface area contributed by atoms with E-state index >= 15 is 0 Å². The summed E-state index contributed by atoms with van der Waals surface area (Å²) in [6.45, 7) is 3.32. The first kappa shape index (κ1) is 19.9. The average molecular weight is 386 g/mol. The van der Waals surface area contributed by atoms with Crippen LogP contribution in [-0.4, -0.2) is 30.9 Å². The molecule has 3 nitrogen and oxygen atoms in total. The topological polar surface area (TPSA) is 29.5 Å². The summed E-state index contributed by atoms with van der Waals surface area (Å²) in [6, 6.07) is 16.7. The Balaban J connectivity index is 0.00000210. The number of hydrogen-bond donors (Lipinski definition) is 0. The predicted octanol–water partition coefficient (Wildman–Crippen LogP) is 4.77. The molecule has 4 rings (SSSR count). The van der Waals surface area contributed by atoms with Crippen LogP contribution < -0.4 is 4.74 Å². The van der Waals surface area contributed by atoms with Crippen molar-refractivity contribution in [3.8, 4) is 5.75 Å². The first-order valence-corrected chi connectivity index (χ1v) is 9.70. The monoisotopic (exact) mass is 385 g/mol. The number of likely N-dealkylation sites (tertiary alicyclic amines) is 1. The lowest BCUT2D eigenvalue weighted by Crippen LogP contribution is -2.34. The van der Waals surface area contributed by atoms with Crippen molar-refractivity contribution in [2.75, 3.05) is 20.2 Å². The quantitative estimate of drug-likeness (QED) is 0.742. The number of ketones is 1. The van der Waals surface area contributed by atoms with Gasteiger partial charge in [0.2, 0.25) is 0 Å². The van der Waals surface area contributed by atoms with E-state index in [1.54, 1.807) is 7.11 Å². The highest BCUT2D eigenvalue weighted by atomic mass is 35.5. The molecule has 0 bridgehead atoms. The molecule has 1 saturated heterocycles. The summed E-state index contributed by atoms with van der Waals surface area (Å²) in [5, 5.41) is 0. The Bertz CT molecular complexity index is 769. The van der Waals surface area contributed by atoms with Crippen molar-refractivity contribution >= 4 is 18.2 Å².